The number of carbonyl (C=O) groups is 1. The van der Waals surface area contributed by atoms with E-state index in [1.807, 2.05) is 36.4 Å². The summed E-state index contributed by atoms with van der Waals surface area (Å²) in [6.07, 6.45) is 14.0. The molecule has 0 bridgehead atoms. The highest BCUT2D eigenvalue weighted by molar-refractivity contribution is 7.93. The molecule has 2 N–H and O–H groups in total. The first-order chi connectivity index (χ1) is 26.2. The second-order valence-electron chi connectivity index (χ2n) is 14.9. The van der Waals surface area contributed by atoms with Gasteiger partial charge in [-0.15, -0.1) is 10.2 Å². The number of nitrogens with zero attached hydrogens (tertiary/aromatic N) is 5. The van der Waals surface area contributed by atoms with Crippen LogP contribution in [0.4, 0.5) is 11.5 Å². The molecule has 3 aliphatic rings. The number of fused-ring (bicyclic) bond motifs is 1. The maximum atomic E-state index is 12.8. The van der Waals surface area contributed by atoms with E-state index in [1.165, 1.54) is 33.7 Å². The van der Waals surface area contributed by atoms with E-state index in [4.69, 9.17) is 4.74 Å². The predicted molar refractivity (Wildman–Crippen MR) is 211 cm³/mol. The second kappa shape index (κ2) is 15.3. The van der Waals surface area contributed by atoms with E-state index in [2.05, 4.69) is 37.5 Å². The second-order valence-corrected chi connectivity index (χ2v) is 17.0. The Balaban J connectivity index is 0.896. The monoisotopic (exact) mass is 749 g/mol. The summed E-state index contributed by atoms with van der Waals surface area (Å²) in [7, 11) is -1.68. The third kappa shape index (κ3) is 7.59. The van der Waals surface area contributed by atoms with Gasteiger partial charge in [-0.2, -0.15) is 0 Å². The Hall–Kier alpha value is -5.17. The summed E-state index contributed by atoms with van der Waals surface area (Å²) in [5, 5.41) is 12.5. The quantitative estimate of drug-likeness (QED) is 0.163. The minimum absolute atomic E-state index is 0.125. The highest BCUT2D eigenvalue weighted by Crippen LogP contribution is 2.40. The van der Waals surface area contributed by atoms with Gasteiger partial charge in [-0.25, -0.2) is 8.42 Å². The molecule has 1 aliphatic carbocycles. The molecule has 1 saturated carbocycles. The minimum atomic E-state index is -3.39. The molecule has 5 heterocycles. The smallest absolute Gasteiger partial charge is 0.274 e. The molecule has 282 valence electrons. The van der Waals surface area contributed by atoms with Crippen molar-refractivity contribution in [1.29, 1.82) is 0 Å². The Bertz CT molecular complexity index is 2290. The number of carbonyl (C=O) groups excluding carboxylic acids is 1. The van der Waals surface area contributed by atoms with Gasteiger partial charge >= 0.3 is 0 Å². The molecule has 0 radical (unpaired) electrons. The number of benzene rings is 2. The number of rotatable bonds is 10. The topological polar surface area (TPSA) is 143 Å². The summed E-state index contributed by atoms with van der Waals surface area (Å²) in [5.41, 5.74) is 4.00. The van der Waals surface area contributed by atoms with Crippen molar-refractivity contribution in [2.24, 2.45) is 13.0 Å². The van der Waals surface area contributed by atoms with Crippen molar-refractivity contribution in [2.75, 3.05) is 34.6 Å². The van der Waals surface area contributed by atoms with E-state index >= 15 is 0 Å². The van der Waals surface area contributed by atoms with Crippen LogP contribution in [0, 0.1) is 5.92 Å². The number of aromatic nitrogens is 4. The number of hydrogen-bond donors (Lipinski definition) is 2. The van der Waals surface area contributed by atoms with Crippen LogP contribution in [0.1, 0.15) is 73.8 Å². The van der Waals surface area contributed by atoms with E-state index in [0.29, 0.717) is 52.8 Å². The van der Waals surface area contributed by atoms with Gasteiger partial charge in [-0.05, 0) is 105 Å². The lowest BCUT2D eigenvalue weighted by Gasteiger charge is -2.32. The van der Waals surface area contributed by atoms with E-state index in [0.717, 1.165) is 68.4 Å². The van der Waals surface area contributed by atoms with Gasteiger partial charge in [0.05, 0.1) is 11.4 Å². The molecule has 1 amide bonds. The van der Waals surface area contributed by atoms with E-state index in [9.17, 15) is 18.0 Å². The van der Waals surface area contributed by atoms with Gasteiger partial charge in [0, 0.05) is 61.6 Å². The van der Waals surface area contributed by atoms with Gasteiger partial charge in [-0.1, -0.05) is 31.4 Å². The summed E-state index contributed by atoms with van der Waals surface area (Å²) in [6, 6.07) is 19.4. The van der Waals surface area contributed by atoms with Gasteiger partial charge in [0.25, 0.3) is 11.5 Å². The molecular weight excluding hydrogens is 703 g/mol. The number of amides is 1. The number of piperidine rings is 1. The third-order valence-corrected chi connectivity index (χ3v) is 13.2. The highest BCUT2D eigenvalue weighted by Gasteiger charge is 2.30. The van der Waals surface area contributed by atoms with Crippen molar-refractivity contribution in [1.82, 2.24) is 25.1 Å². The fourth-order valence-corrected chi connectivity index (χ4v) is 9.74. The Morgan fingerprint density at radius 2 is 1.70 bits per heavy atom. The fourth-order valence-electron chi connectivity index (χ4n) is 8.18. The fraction of sp³-hybridized carbons (Fsp3) is 0.415. The van der Waals surface area contributed by atoms with Crippen molar-refractivity contribution in [3.63, 3.8) is 0 Å². The molecule has 2 saturated heterocycles. The minimum Gasteiger partial charge on any atom is -0.457 e. The molecule has 13 heteroatoms. The standard InChI is InChI=1S/C41H47N7O5S/c1-46-27-35(33-18-21-42-39(33)41(46)50)34-26-31(48-22-5-25-54(48,51)52)12-16-37(34)53-32-13-10-28(11-14-32)8-9-29-19-23-47(24-20-29)38-17-15-36(44-45-38)40(49)43-30-6-3-2-4-7-30/h10-18,21,26-27,29-30,42H,2-9,19-20,22-25H2,1H3,(H,43,49). The Morgan fingerprint density at radius 1 is 0.907 bits per heavy atom. The first-order valence-electron chi connectivity index (χ1n) is 19.2. The molecule has 2 aromatic carbocycles. The molecule has 3 fully saturated rings. The van der Waals surface area contributed by atoms with Crippen LogP contribution < -0.4 is 24.8 Å². The van der Waals surface area contributed by atoms with Gasteiger partial charge in [0.2, 0.25) is 10.0 Å². The zero-order chi connectivity index (χ0) is 37.2. The van der Waals surface area contributed by atoms with Crippen LogP contribution in [-0.2, 0) is 23.5 Å². The summed E-state index contributed by atoms with van der Waals surface area (Å²) in [5.74, 6) is 2.67. The normalized spacial score (nSPS) is 17.9. The third-order valence-electron chi connectivity index (χ3n) is 11.3. The van der Waals surface area contributed by atoms with Gasteiger partial charge in [0.1, 0.15) is 17.0 Å². The number of ether oxygens (including phenoxy) is 1. The number of nitrogens with one attached hydrogen (secondary N) is 2. The van der Waals surface area contributed by atoms with Gasteiger partial charge in [0.15, 0.2) is 11.5 Å². The van der Waals surface area contributed by atoms with Crippen molar-refractivity contribution >= 4 is 38.3 Å². The van der Waals surface area contributed by atoms with Crippen LogP contribution in [0.2, 0.25) is 0 Å². The largest absolute Gasteiger partial charge is 0.457 e. The number of sulfonamides is 1. The molecule has 8 rings (SSSR count). The molecule has 12 nitrogen and oxygen atoms in total. The molecule has 0 atom stereocenters. The molecule has 54 heavy (non-hydrogen) atoms. The number of H-pyrrole nitrogens is 1. The van der Waals surface area contributed by atoms with Crippen LogP contribution in [0.5, 0.6) is 11.5 Å². The summed E-state index contributed by atoms with van der Waals surface area (Å²) >= 11 is 0. The summed E-state index contributed by atoms with van der Waals surface area (Å²) in [6.45, 7) is 2.25. The molecule has 0 unspecified atom stereocenters. The number of aromatic amines is 1. The van der Waals surface area contributed by atoms with Crippen LogP contribution >= 0.6 is 0 Å². The van der Waals surface area contributed by atoms with Gasteiger partial charge < -0.3 is 24.5 Å². The maximum absolute atomic E-state index is 12.8. The molecule has 0 spiro atoms. The maximum Gasteiger partial charge on any atom is 0.274 e. The number of hydrogen-bond acceptors (Lipinski definition) is 8. The lowest BCUT2D eigenvalue weighted by atomic mass is 9.90. The predicted octanol–water partition coefficient (Wildman–Crippen LogP) is 6.57. The molecule has 3 aromatic heterocycles. The average molecular weight is 750 g/mol. The van der Waals surface area contributed by atoms with Crippen LogP contribution in [0.15, 0.2) is 77.9 Å². The van der Waals surface area contributed by atoms with E-state index in [1.54, 1.807) is 31.6 Å². The van der Waals surface area contributed by atoms with Gasteiger partial charge in [-0.3, -0.25) is 13.9 Å². The Morgan fingerprint density at radius 3 is 2.43 bits per heavy atom. The van der Waals surface area contributed by atoms with Crippen molar-refractivity contribution in [2.45, 2.75) is 70.3 Å². The van der Waals surface area contributed by atoms with Crippen LogP contribution in [-0.4, -0.2) is 65.5 Å². The summed E-state index contributed by atoms with van der Waals surface area (Å²) in [4.78, 5) is 30.8. The molecular formula is C41H47N7O5S. The summed E-state index contributed by atoms with van der Waals surface area (Å²) < 4.78 is 35.1. The van der Waals surface area contributed by atoms with E-state index in [-0.39, 0.29) is 23.3 Å². The lowest BCUT2D eigenvalue weighted by molar-refractivity contribution is 0.0921. The number of aryl methyl sites for hydroxylation is 2. The average Bonchev–Trinajstić information content (AvgIpc) is 3.83. The Kier molecular flexibility index (Phi) is 10.1. The highest BCUT2D eigenvalue weighted by atomic mass is 32.2. The van der Waals surface area contributed by atoms with E-state index < -0.39 is 10.0 Å². The SMILES string of the molecule is Cn1cc(-c2cc(N3CCCS3(=O)=O)ccc2Oc2ccc(CCC3CCN(c4ccc(C(=O)NC5CCCCC5)nn4)CC3)cc2)c2cc[nH]c2c1=O. The Labute approximate surface area is 315 Å². The lowest BCUT2D eigenvalue weighted by Crippen LogP contribution is -2.37. The first-order valence-corrected chi connectivity index (χ1v) is 20.8. The van der Waals surface area contributed by atoms with Crippen molar-refractivity contribution < 1.29 is 17.9 Å². The number of pyridine rings is 1. The molecule has 2 aliphatic heterocycles. The number of anilines is 2. The molecule has 5 aromatic rings. The van der Waals surface area contributed by atoms with Crippen LogP contribution in [0.3, 0.4) is 0 Å². The zero-order valence-electron chi connectivity index (χ0n) is 30.7. The zero-order valence-corrected chi connectivity index (χ0v) is 31.5. The van der Waals surface area contributed by atoms with Crippen molar-refractivity contribution in [3.05, 3.63) is 94.7 Å². The van der Waals surface area contributed by atoms with Crippen LogP contribution in [0.25, 0.3) is 22.0 Å². The first kappa shape index (κ1) is 35.8. The van der Waals surface area contributed by atoms with Crippen molar-refractivity contribution in [3.8, 4) is 22.6 Å².